The van der Waals surface area contributed by atoms with Crippen LogP contribution in [0.4, 0.5) is 20.2 Å². The molecule has 5 nitrogen and oxygen atoms in total. The Balaban J connectivity index is 1.72. The maximum Gasteiger partial charge on any atom is 0.254 e. The number of anilines is 2. The van der Waals surface area contributed by atoms with Crippen LogP contribution in [0.5, 0.6) is 0 Å². The van der Waals surface area contributed by atoms with Gasteiger partial charge < -0.3 is 5.32 Å². The number of hydrogen-bond acceptors (Lipinski definition) is 4. The third-order valence-corrected chi connectivity index (χ3v) is 5.13. The second kappa shape index (κ2) is 8.06. The first-order valence-electron chi connectivity index (χ1n) is 7.91. The van der Waals surface area contributed by atoms with E-state index in [9.17, 15) is 18.4 Å². The van der Waals surface area contributed by atoms with Gasteiger partial charge >= 0.3 is 0 Å². The van der Waals surface area contributed by atoms with Crippen LogP contribution in [0.3, 0.4) is 0 Å². The molecule has 3 rings (SSSR count). The summed E-state index contributed by atoms with van der Waals surface area (Å²) in [6, 6.07) is 9.69. The number of halogens is 3. The molecule has 1 heterocycles. The summed E-state index contributed by atoms with van der Waals surface area (Å²) in [6.45, 7) is 1.55. The standard InChI is InChI=1S/C18H14ClF2N3O2S/c1-10(17(26)23-14-7-6-11(20)8-13(14)21)27-18-22-9-16(25)24(18)15-5-3-2-4-12(15)19/h2-8,10H,9H2,1H3,(H,23,26)/t10-/m0/s1. The van der Waals surface area contributed by atoms with Gasteiger partial charge in [0.15, 0.2) is 5.17 Å². The second-order valence-corrected chi connectivity index (χ2v) is 7.37. The summed E-state index contributed by atoms with van der Waals surface area (Å²) in [7, 11) is 0. The highest BCUT2D eigenvalue weighted by atomic mass is 35.5. The lowest BCUT2D eigenvalue weighted by atomic mass is 10.3. The average molecular weight is 410 g/mol. The zero-order valence-corrected chi connectivity index (χ0v) is 15.7. The van der Waals surface area contributed by atoms with E-state index in [0.717, 1.165) is 23.9 Å². The summed E-state index contributed by atoms with van der Waals surface area (Å²) in [6.07, 6.45) is 0. The number of aliphatic imine (C=N–C) groups is 1. The number of amides is 2. The average Bonchev–Trinajstić information content (AvgIpc) is 2.98. The monoisotopic (exact) mass is 409 g/mol. The highest BCUT2D eigenvalue weighted by molar-refractivity contribution is 8.15. The minimum Gasteiger partial charge on any atom is -0.323 e. The maximum absolute atomic E-state index is 13.7. The second-order valence-electron chi connectivity index (χ2n) is 5.65. The molecule has 1 aliphatic heterocycles. The molecule has 1 aliphatic rings. The molecule has 0 saturated heterocycles. The molecule has 2 aromatic carbocycles. The van der Waals surface area contributed by atoms with Crippen molar-refractivity contribution in [3.05, 3.63) is 59.1 Å². The number of amidine groups is 1. The van der Waals surface area contributed by atoms with Crippen LogP contribution in [0.2, 0.25) is 5.02 Å². The number of carbonyl (C=O) groups excluding carboxylic acids is 2. The van der Waals surface area contributed by atoms with E-state index >= 15 is 0 Å². The summed E-state index contributed by atoms with van der Waals surface area (Å²) < 4.78 is 26.7. The van der Waals surface area contributed by atoms with Gasteiger partial charge in [0.1, 0.15) is 18.2 Å². The van der Waals surface area contributed by atoms with Gasteiger partial charge in [-0.2, -0.15) is 0 Å². The van der Waals surface area contributed by atoms with E-state index in [1.807, 2.05) is 0 Å². The predicted octanol–water partition coefficient (Wildman–Crippen LogP) is 4.08. The third kappa shape index (κ3) is 4.28. The molecular formula is C18H14ClF2N3O2S. The van der Waals surface area contributed by atoms with Gasteiger partial charge in [-0.1, -0.05) is 35.5 Å². The Morgan fingerprint density at radius 1 is 1.30 bits per heavy atom. The van der Waals surface area contributed by atoms with E-state index in [2.05, 4.69) is 10.3 Å². The van der Waals surface area contributed by atoms with Crippen LogP contribution < -0.4 is 10.2 Å². The van der Waals surface area contributed by atoms with Gasteiger partial charge in [-0.25, -0.2) is 8.78 Å². The number of rotatable bonds is 4. The SMILES string of the molecule is C[C@H](SC1=NCC(=O)N1c1ccccc1Cl)C(=O)Nc1ccc(F)cc1F. The van der Waals surface area contributed by atoms with E-state index in [1.165, 1.54) is 4.90 Å². The molecule has 2 amide bonds. The van der Waals surface area contributed by atoms with Crippen LogP contribution in [0.25, 0.3) is 0 Å². The first kappa shape index (κ1) is 19.3. The molecule has 0 aromatic heterocycles. The van der Waals surface area contributed by atoms with Crippen LogP contribution >= 0.6 is 23.4 Å². The zero-order valence-electron chi connectivity index (χ0n) is 14.1. The number of nitrogens with one attached hydrogen (secondary N) is 1. The van der Waals surface area contributed by atoms with E-state index in [0.29, 0.717) is 21.9 Å². The Morgan fingerprint density at radius 2 is 2.04 bits per heavy atom. The van der Waals surface area contributed by atoms with Gasteiger partial charge in [-0.3, -0.25) is 19.5 Å². The van der Waals surface area contributed by atoms with Crippen LogP contribution in [-0.2, 0) is 9.59 Å². The molecule has 0 aliphatic carbocycles. The molecule has 0 unspecified atom stereocenters. The summed E-state index contributed by atoms with van der Waals surface area (Å²) in [5, 5.41) is 2.42. The van der Waals surface area contributed by atoms with Crippen LogP contribution in [-0.4, -0.2) is 28.8 Å². The van der Waals surface area contributed by atoms with Crippen LogP contribution in [0.1, 0.15) is 6.92 Å². The summed E-state index contributed by atoms with van der Waals surface area (Å²) >= 11 is 7.21. The Kier molecular flexibility index (Phi) is 5.76. The summed E-state index contributed by atoms with van der Waals surface area (Å²) in [5.74, 6) is -2.37. The van der Waals surface area contributed by atoms with E-state index in [1.54, 1.807) is 31.2 Å². The third-order valence-electron chi connectivity index (χ3n) is 3.72. The van der Waals surface area contributed by atoms with Crippen molar-refractivity contribution in [3.8, 4) is 0 Å². The molecule has 0 spiro atoms. The topological polar surface area (TPSA) is 61.8 Å². The lowest BCUT2D eigenvalue weighted by Gasteiger charge is -2.21. The molecule has 27 heavy (non-hydrogen) atoms. The lowest BCUT2D eigenvalue weighted by molar-refractivity contribution is -0.116. The van der Waals surface area contributed by atoms with Crippen molar-refractivity contribution in [3.63, 3.8) is 0 Å². The normalized spacial score (nSPS) is 14.9. The van der Waals surface area contributed by atoms with Gasteiger partial charge in [0, 0.05) is 6.07 Å². The van der Waals surface area contributed by atoms with Crippen molar-refractivity contribution in [2.75, 3.05) is 16.8 Å². The smallest absolute Gasteiger partial charge is 0.254 e. The molecule has 1 atom stereocenters. The van der Waals surface area contributed by atoms with E-state index in [-0.39, 0.29) is 18.1 Å². The van der Waals surface area contributed by atoms with Gasteiger partial charge in [0.25, 0.3) is 5.91 Å². The Morgan fingerprint density at radius 3 is 2.74 bits per heavy atom. The molecule has 2 aromatic rings. The maximum atomic E-state index is 13.7. The number of carbonyl (C=O) groups is 2. The fourth-order valence-electron chi connectivity index (χ4n) is 2.38. The molecular weight excluding hydrogens is 396 g/mol. The summed E-state index contributed by atoms with van der Waals surface area (Å²) in [5.41, 5.74) is 0.353. The van der Waals surface area contributed by atoms with Crippen LogP contribution in [0.15, 0.2) is 47.5 Å². The Hall–Kier alpha value is -2.45. The van der Waals surface area contributed by atoms with Crippen molar-refractivity contribution in [1.29, 1.82) is 0 Å². The fraction of sp³-hybridized carbons (Fsp3) is 0.167. The zero-order chi connectivity index (χ0) is 19.6. The quantitative estimate of drug-likeness (QED) is 0.827. The number of para-hydroxylation sites is 1. The molecule has 0 radical (unpaired) electrons. The highest BCUT2D eigenvalue weighted by Crippen LogP contribution is 2.31. The molecule has 0 fully saturated rings. The minimum absolute atomic E-state index is 0.0471. The van der Waals surface area contributed by atoms with E-state index in [4.69, 9.17) is 11.6 Å². The number of benzene rings is 2. The fourth-order valence-corrected chi connectivity index (χ4v) is 3.53. The largest absolute Gasteiger partial charge is 0.323 e. The Labute approximate surface area is 163 Å². The predicted molar refractivity (Wildman–Crippen MR) is 103 cm³/mol. The van der Waals surface area contributed by atoms with E-state index < -0.39 is 22.8 Å². The van der Waals surface area contributed by atoms with Gasteiger partial charge in [0.2, 0.25) is 5.91 Å². The van der Waals surface area contributed by atoms with Crippen molar-refractivity contribution in [2.24, 2.45) is 4.99 Å². The number of thioether (sulfide) groups is 1. The first-order valence-corrected chi connectivity index (χ1v) is 9.17. The van der Waals surface area contributed by atoms with Crippen molar-refractivity contribution < 1.29 is 18.4 Å². The van der Waals surface area contributed by atoms with Gasteiger partial charge in [0.05, 0.1) is 21.6 Å². The minimum atomic E-state index is -0.869. The van der Waals surface area contributed by atoms with Crippen molar-refractivity contribution in [1.82, 2.24) is 0 Å². The highest BCUT2D eigenvalue weighted by Gasteiger charge is 2.31. The summed E-state index contributed by atoms with van der Waals surface area (Å²) in [4.78, 5) is 30.1. The molecule has 0 bridgehead atoms. The number of hydrogen-bond donors (Lipinski definition) is 1. The molecule has 0 saturated carbocycles. The van der Waals surface area contributed by atoms with Gasteiger partial charge in [-0.05, 0) is 31.2 Å². The lowest BCUT2D eigenvalue weighted by Crippen LogP contribution is -2.33. The molecule has 140 valence electrons. The van der Waals surface area contributed by atoms with Crippen molar-refractivity contribution in [2.45, 2.75) is 12.2 Å². The first-order chi connectivity index (χ1) is 12.9. The van der Waals surface area contributed by atoms with Crippen molar-refractivity contribution >= 4 is 51.7 Å². The number of nitrogens with zero attached hydrogens (tertiary/aromatic N) is 2. The molecule has 1 N–H and O–H groups in total. The van der Waals surface area contributed by atoms with Gasteiger partial charge in [-0.15, -0.1) is 0 Å². The van der Waals surface area contributed by atoms with Crippen LogP contribution in [0, 0.1) is 11.6 Å². The Bertz CT molecular complexity index is 939. The molecule has 9 heteroatoms.